The van der Waals surface area contributed by atoms with Gasteiger partial charge in [0, 0.05) is 24.2 Å². The lowest BCUT2D eigenvalue weighted by molar-refractivity contribution is -0.137. The molecule has 2 bridgehead atoms. The average Bonchev–Trinajstić information content (AvgIpc) is 3.30. The van der Waals surface area contributed by atoms with Gasteiger partial charge in [0.15, 0.2) is 0 Å². The quantitative estimate of drug-likeness (QED) is 0.437. The Bertz CT molecular complexity index is 1290. The Balaban J connectivity index is 1.41. The predicted molar refractivity (Wildman–Crippen MR) is 113 cm³/mol. The van der Waals surface area contributed by atoms with Gasteiger partial charge in [-0.25, -0.2) is 9.97 Å². The molecule has 0 aliphatic heterocycles. The van der Waals surface area contributed by atoms with Crippen molar-refractivity contribution >= 4 is 11.4 Å². The van der Waals surface area contributed by atoms with E-state index in [1.165, 1.54) is 0 Å². The third kappa shape index (κ3) is 3.96. The summed E-state index contributed by atoms with van der Waals surface area (Å²) in [4.78, 5) is 7.71. The van der Waals surface area contributed by atoms with E-state index in [4.69, 9.17) is 20.9 Å². The average molecular weight is 496 g/mol. The van der Waals surface area contributed by atoms with Crippen LogP contribution in [0.3, 0.4) is 0 Å². The third-order valence-corrected chi connectivity index (χ3v) is 6.42. The van der Waals surface area contributed by atoms with E-state index in [9.17, 15) is 26.3 Å². The lowest BCUT2D eigenvalue weighted by Crippen LogP contribution is -2.22. The van der Waals surface area contributed by atoms with Crippen LogP contribution in [0, 0.1) is 0 Å². The SMILES string of the molecule is Nc1c(C(F)(F)F)ccnc1Oc1ccc2c(c1)C1CCC2C1Oc1nccc(C(F)(F)F)c1N. The van der Waals surface area contributed by atoms with Gasteiger partial charge in [-0.15, -0.1) is 0 Å². The van der Waals surface area contributed by atoms with Gasteiger partial charge in [0.25, 0.3) is 0 Å². The molecule has 12 heteroatoms. The molecule has 0 saturated heterocycles. The van der Waals surface area contributed by atoms with Gasteiger partial charge in [-0.3, -0.25) is 0 Å². The van der Waals surface area contributed by atoms with Crippen LogP contribution in [-0.2, 0) is 12.4 Å². The molecule has 2 aliphatic carbocycles. The molecule has 1 saturated carbocycles. The topological polar surface area (TPSA) is 96.3 Å². The Morgan fingerprint density at radius 3 is 1.89 bits per heavy atom. The molecule has 1 fully saturated rings. The van der Waals surface area contributed by atoms with Crippen LogP contribution in [0.15, 0.2) is 42.7 Å². The summed E-state index contributed by atoms with van der Waals surface area (Å²) >= 11 is 0. The van der Waals surface area contributed by atoms with E-state index in [-0.39, 0.29) is 29.3 Å². The fraction of sp³-hybridized carbons (Fsp3) is 0.304. The van der Waals surface area contributed by atoms with E-state index < -0.39 is 41.0 Å². The van der Waals surface area contributed by atoms with E-state index in [1.54, 1.807) is 18.2 Å². The number of halogens is 6. The monoisotopic (exact) mass is 496 g/mol. The number of pyridine rings is 2. The van der Waals surface area contributed by atoms with Crippen molar-refractivity contribution in [2.75, 3.05) is 11.5 Å². The first-order chi connectivity index (χ1) is 16.4. The van der Waals surface area contributed by atoms with Crippen LogP contribution >= 0.6 is 0 Å². The fourth-order valence-electron chi connectivity index (χ4n) is 4.89. The molecule has 4 N–H and O–H groups in total. The largest absolute Gasteiger partial charge is 0.472 e. The van der Waals surface area contributed by atoms with Crippen LogP contribution in [-0.4, -0.2) is 16.1 Å². The highest BCUT2D eigenvalue weighted by atomic mass is 19.4. The molecule has 0 spiro atoms. The van der Waals surface area contributed by atoms with E-state index in [0.29, 0.717) is 6.42 Å². The standard InChI is InChI=1S/C23H18F6N4O2/c24-22(25,26)15-5-7-32-20(17(15)30)34-10-1-2-11-12-3-4-13(14(11)9-10)19(12)35-21-18(31)16(6-8-33-21)23(27,28)29/h1-2,5-9,12-13,19H,3-4,30-31H2. The van der Waals surface area contributed by atoms with Crippen LogP contribution in [0.25, 0.3) is 0 Å². The first-order valence-corrected chi connectivity index (χ1v) is 10.6. The van der Waals surface area contributed by atoms with E-state index in [0.717, 1.165) is 42.1 Å². The summed E-state index contributed by atoms with van der Waals surface area (Å²) in [6.07, 6.45) is -6.38. The minimum absolute atomic E-state index is 0.100. The summed E-state index contributed by atoms with van der Waals surface area (Å²) in [6, 6.07) is 6.56. The first-order valence-electron chi connectivity index (χ1n) is 10.6. The fourth-order valence-corrected chi connectivity index (χ4v) is 4.89. The van der Waals surface area contributed by atoms with Gasteiger partial charge in [-0.05, 0) is 48.2 Å². The van der Waals surface area contributed by atoms with Crippen molar-refractivity contribution in [1.82, 2.24) is 9.97 Å². The van der Waals surface area contributed by atoms with E-state index in [1.807, 2.05) is 0 Å². The van der Waals surface area contributed by atoms with Crippen molar-refractivity contribution in [2.45, 2.75) is 43.1 Å². The minimum atomic E-state index is -4.66. The molecule has 2 heterocycles. The Labute approximate surface area is 194 Å². The Morgan fingerprint density at radius 2 is 1.29 bits per heavy atom. The maximum atomic E-state index is 13.2. The van der Waals surface area contributed by atoms with Crippen LogP contribution in [0.5, 0.6) is 17.5 Å². The van der Waals surface area contributed by atoms with Crippen LogP contribution < -0.4 is 20.9 Å². The van der Waals surface area contributed by atoms with Gasteiger partial charge in [-0.2, -0.15) is 26.3 Å². The summed E-state index contributed by atoms with van der Waals surface area (Å²) in [6.45, 7) is 0. The summed E-state index contributed by atoms with van der Waals surface area (Å²) in [5.41, 5.74) is 9.81. The Morgan fingerprint density at radius 1 is 0.743 bits per heavy atom. The number of nitrogens with two attached hydrogens (primary N) is 2. The number of anilines is 2. The summed E-state index contributed by atoms with van der Waals surface area (Å²) < 4.78 is 90.5. The van der Waals surface area contributed by atoms with Gasteiger partial charge in [0.05, 0.1) is 11.1 Å². The van der Waals surface area contributed by atoms with Gasteiger partial charge in [-0.1, -0.05) is 6.07 Å². The molecule has 1 aromatic carbocycles. The van der Waals surface area contributed by atoms with Gasteiger partial charge in [0.2, 0.25) is 11.8 Å². The number of rotatable bonds is 4. The normalized spacial score (nSPS) is 21.1. The molecule has 6 nitrogen and oxygen atoms in total. The highest BCUT2D eigenvalue weighted by Gasteiger charge is 2.48. The lowest BCUT2D eigenvalue weighted by Gasteiger charge is -2.20. The molecule has 3 unspecified atom stereocenters. The molecular formula is C23H18F6N4O2. The third-order valence-electron chi connectivity index (χ3n) is 6.42. The second kappa shape index (κ2) is 7.92. The van der Waals surface area contributed by atoms with Crippen molar-refractivity contribution in [3.05, 3.63) is 65.0 Å². The first kappa shape index (κ1) is 23.1. The number of nitrogens with zero attached hydrogens (tertiary/aromatic N) is 2. The number of ether oxygens (including phenoxy) is 2. The zero-order chi connectivity index (χ0) is 25.1. The van der Waals surface area contributed by atoms with Crippen molar-refractivity contribution in [2.24, 2.45) is 0 Å². The highest BCUT2D eigenvalue weighted by molar-refractivity contribution is 5.58. The Hall–Kier alpha value is -3.70. The number of hydrogen-bond donors (Lipinski definition) is 2. The second-order valence-electron chi connectivity index (χ2n) is 8.42. The predicted octanol–water partition coefficient (Wildman–Crippen LogP) is 5.89. The summed E-state index contributed by atoms with van der Waals surface area (Å²) in [7, 11) is 0. The molecular weight excluding hydrogens is 478 g/mol. The van der Waals surface area contributed by atoms with Gasteiger partial charge in [0.1, 0.15) is 23.2 Å². The molecule has 5 rings (SSSR count). The van der Waals surface area contributed by atoms with Gasteiger partial charge >= 0.3 is 12.4 Å². The molecule has 0 amide bonds. The van der Waals surface area contributed by atoms with Crippen LogP contribution in [0.1, 0.15) is 46.9 Å². The van der Waals surface area contributed by atoms with Crippen LogP contribution in [0.4, 0.5) is 37.7 Å². The van der Waals surface area contributed by atoms with Crippen molar-refractivity contribution in [3.63, 3.8) is 0 Å². The van der Waals surface area contributed by atoms with Gasteiger partial charge < -0.3 is 20.9 Å². The molecule has 2 aliphatic rings. The molecule has 2 aromatic heterocycles. The zero-order valence-corrected chi connectivity index (χ0v) is 17.8. The smallest absolute Gasteiger partial charge is 0.418 e. The highest BCUT2D eigenvalue weighted by Crippen LogP contribution is 2.55. The molecule has 3 atom stereocenters. The number of alkyl halides is 6. The number of fused-ring (bicyclic) bond motifs is 5. The number of aromatic nitrogens is 2. The van der Waals surface area contributed by atoms with Crippen molar-refractivity contribution in [3.8, 4) is 17.5 Å². The molecule has 3 aromatic rings. The molecule has 0 radical (unpaired) electrons. The maximum absolute atomic E-state index is 13.2. The lowest BCUT2D eigenvalue weighted by atomic mass is 9.92. The van der Waals surface area contributed by atoms with Crippen molar-refractivity contribution in [1.29, 1.82) is 0 Å². The maximum Gasteiger partial charge on any atom is 0.418 e. The number of hydrogen-bond acceptors (Lipinski definition) is 6. The van der Waals surface area contributed by atoms with Crippen LogP contribution in [0.2, 0.25) is 0 Å². The number of benzene rings is 1. The Kier molecular flexibility index (Phi) is 5.22. The number of nitrogen functional groups attached to an aromatic ring is 2. The van der Waals surface area contributed by atoms with Crippen molar-refractivity contribution < 1.29 is 35.8 Å². The van der Waals surface area contributed by atoms with E-state index in [2.05, 4.69) is 9.97 Å². The second-order valence-corrected chi connectivity index (χ2v) is 8.42. The minimum Gasteiger partial charge on any atom is -0.472 e. The molecule has 184 valence electrons. The zero-order valence-electron chi connectivity index (χ0n) is 17.8. The summed E-state index contributed by atoms with van der Waals surface area (Å²) in [5, 5.41) is 0. The van der Waals surface area contributed by atoms with E-state index >= 15 is 0 Å². The molecule has 35 heavy (non-hydrogen) atoms. The summed E-state index contributed by atoms with van der Waals surface area (Å²) in [5.74, 6) is -0.716.